The number of carbonyl (C=O) groups excluding carboxylic acids is 2. The van der Waals surface area contributed by atoms with E-state index in [2.05, 4.69) is 6.92 Å². The number of rotatable bonds is 1. The molecule has 0 aromatic heterocycles. The van der Waals surface area contributed by atoms with E-state index in [1.54, 1.807) is 6.92 Å². The van der Waals surface area contributed by atoms with Crippen LogP contribution >= 0.6 is 0 Å². The van der Waals surface area contributed by atoms with Crippen molar-refractivity contribution in [2.75, 3.05) is 0 Å². The first-order chi connectivity index (χ1) is 10.9. The van der Waals surface area contributed by atoms with E-state index in [1.165, 1.54) is 6.42 Å². The fraction of sp³-hybridized carbons (Fsp3) is 0.900. The summed E-state index contributed by atoms with van der Waals surface area (Å²) < 4.78 is 0. The van der Waals surface area contributed by atoms with Crippen molar-refractivity contribution >= 4 is 11.6 Å². The second-order valence-corrected chi connectivity index (χ2v) is 9.13. The predicted octanol–water partition coefficient (Wildman–Crippen LogP) is 3.38. The standard InChI is InChI=1S/C20H30O3/c1-11(21)17-5-6-18-15-10-19(23)16-9-12(22)3-4-13(16)14(15)7-8-20(17,18)2/h12-18,22H,3-10H2,1-2H3. The summed E-state index contributed by atoms with van der Waals surface area (Å²) >= 11 is 0. The third kappa shape index (κ3) is 2.26. The van der Waals surface area contributed by atoms with Crippen LogP contribution in [0, 0.1) is 40.9 Å². The first-order valence-corrected chi connectivity index (χ1v) is 9.63. The van der Waals surface area contributed by atoms with Crippen LogP contribution in [0.2, 0.25) is 0 Å². The highest BCUT2D eigenvalue weighted by molar-refractivity contribution is 5.83. The van der Waals surface area contributed by atoms with Gasteiger partial charge in [0.25, 0.3) is 0 Å². The van der Waals surface area contributed by atoms with E-state index in [-0.39, 0.29) is 23.4 Å². The van der Waals surface area contributed by atoms with Gasteiger partial charge >= 0.3 is 0 Å². The number of fused-ring (bicyclic) bond motifs is 5. The maximum absolute atomic E-state index is 12.8. The lowest BCUT2D eigenvalue weighted by Gasteiger charge is -2.55. The Bertz CT molecular complexity index is 527. The molecule has 0 bridgehead atoms. The lowest BCUT2D eigenvalue weighted by Crippen LogP contribution is -2.52. The zero-order chi connectivity index (χ0) is 16.4. The zero-order valence-corrected chi connectivity index (χ0v) is 14.5. The average molecular weight is 318 g/mol. The van der Waals surface area contributed by atoms with E-state index in [0.29, 0.717) is 48.1 Å². The molecule has 0 aromatic rings. The van der Waals surface area contributed by atoms with Crippen LogP contribution < -0.4 is 0 Å². The van der Waals surface area contributed by atoms with Gasteiger partial charge < -0.3 is 5.11 Å². The van der Waals surface area contributed by atoms with Gasteiger partial charge in [0.2, 0.25) is 0 Å². The minimum atomic E-state index is -0.265. The summed E-state index contributed by atoms with van der Waals surface area (Å²) in [6.07, 6.45) is 7.55. The highest BCUT2D eigenvalue weighted by atomic mass is 16.3. The fourth-order valence-electron chi connectivity index (χ4n) is 7.25. The monoisotopic (exact) mass is 318 g/mol. The molecular weight excluding hydrogens is 288 g/mol. The van der Waals surface area contributed by atoms with Gasteiger partial charge in [-0.3, -0.25) is 9.59 Å². The van der Waals surface area contributed by atoms with E-state index in [1.807, 2.05) is 0 Å². The molecule has 0 amide bonds. The van der Waals surface area contributed by atoms with Crippen molar-refractivity contribution < 1.29 is 14.7 Å². The highest BCUT2D eigenvalue weighted by Gasteiger charge is 2.59. The van der Waals surface area contributed by atoms with E-state index in [9.17, 15) is 14.7 Å². The van der Waals surface area contributed by atoms with E-state index in [4.69, 9.17) is 0 Å². The maximum Gasteiger partial charge on any atom is 0.136 e. The molecule has 0 heterocycles. The van der Waals surface area contributed by atoms with Gasteiger partial charge in [0, 0.05) is 18.3 Å². The topological polar surface area (TPSA) is 54.4 Å². The smallest absolute Gasteiger partial charge is 0.136 e. The molecule has 0 aromatic carbocycles. The molecule has 4 saturated carbocycles. The van der Waals surface area contributed by atoms with Gasteiger partial charge in [0.1, 0.15) is 11.6 Å². The first kappa shape index (κ1) is 15.8. The molecule has 4 aliphatic rings. The second-order valence-electron chi connectivity index (χ2n) is 9.13. The molecule has 1 N–H and O–H groups in total. The molecule has 8 atom stereocenters. The van der Waals surface area contributed by atoms with Gasteiger partial charge in [-0.1, -0.05) is 6.92 Å². The van der Waals surface area contributed by atoms with Crippen LogP contribution in [-0.2, 0) is 9.59 Å². The molecule has 4 fully saturated rings. The van der Waals surface area contributed by atoms with Gasteiger partial charge in [-0.15, -0.1) is 0 Å². The van der Waals surface area contributed by atoms with Crippen LogP contribution in [0.3, 0.4) is 0 Å². The molecule has 3 nitrogen and oxygen atoms in total. The molecule has 4 rings (SSSR count). The normalized spacial score (nSPS) is 52.5. The van der Waals surface area contributed by atoms with Crippen LogP contribution in [0.1, 0.15) is 65.2 Å². The second kappa shape index (κ2) is 5.40. The van der Waals surface area contributed by atoms with Crippen molar-refractivity contribution in [2.45, 2.75) is 71.3 Å². The SMILES string of the molecule is CC(=O)C1CCC2C3CC(=O)C4CC(O)CCC4C3CCC12C. The number of carbonyl (C=O) groups is 2. The third-order valence-corrected chi connectivity index (χ3v) is 8.26. The zero-order valence-electron chi connectivity index (χ0n) is 14.5. The molecule has 4 aliphatic carbocycles. The molecular formula is C20H30O3. The molecule has 8 unspecified atom stereocenters. The van der Waals surface area contributed by atoms with Gasteiger partial charge in [0.15, 0.2) is 0 Å². The number of Topliss-reactive ketones (excluding diaryl/α,β-unsaturated/α-hetero) is 2. The Kier molecular flexibility index (Phi) is 3.71. The van der Waals surface area contributed by atoms with Crippen LogP contribution in [0.15, 0.2) is 0 Å². The van der Waals surface area contributed by atoms with Gasteiger partial charge in [-0.05, 0) is 81.0 Å². The van der Waals surface area contributed by atoms with E-state index >= 15 is 0 Å². The quantitative estimate of drug-likeness (QED) is 0.806. The summed E-state index contributed by atoms with van der Waals surface area (Å²) in [6.45, 7) is 4.09. The third-order valence-electron chi connectivity index (χ3n) is 8.26. The Balaban J connectivity index is 1.61. The molecule has 23 heavy (non-hydrogen) atoms. The van der Waals surface area contributed by atoms with Crippen LogP contribution in [0.5, 0.6) is 0 Å². The Labute approximate surface area is 139 Å². The van der Waals surface area contributed by atoms with Gasteiger partial charge in [-0.25, -0.2) is 0 Å². The minimum Gasteiger partial charge on any atom is -0.393 e. The molecule has 0 radical (unpaired) electrons. The minimum absolute atomic E-state index is 0.120. The van der Waals surface area contributed by atoms with E-state index in [0.717, 1.165) is 32.1 Å². The molecule has 3 heteroatoms. The molecule has 0 saturated heterocycles. The molecule has 128 valence electrons. The Hall–Kier alpha value is -0.700. The largest absolute Gasteiger partial charge is 0.393 e. The van der Waals surface area contributed by atoms with Crippen LogP contribution in [0.4, 0.5) is 0 Å². The Morgan fingerprint density at radius 1 is 1.09 bits per heavy atom. The summed E-state index contributed by atoms with van der Waals surface area (Å²) in [4.78, 5) is 24.9. The fourth-order valence-corrected chi connectivity index (χ4v) is 7.25. The van der Waals surface area contributed by atoms with Crippen LogP contribution in [-0.4, -0.2) is 22.8 Å². The lowest BCUT2D eigenvalue weighted by atomic mass is 9.49. The summed E-state index contributed by atoms with van der Waals surface area (Å²) in [6, 6.07) is 0. The average Bonchev–Trinajstić information content (AvgIpc) is 2.85. The summed E-state index contributed by atoms with van der Waals surface area (Å²) in [5, 5.41) is 9.96. The number of ketones is 2. The summed E-state index contributed by atoms with van der Waals surface area (Å²) in [5.41, 5.74) is 0.133. The number of aliphatic hydroxyl groups excluding tert-OH is 1. The maximum atomic E-state index is 12.8. The van der Waals surface area contributed by atoms with Gasteiger partial charge in [0.05, 0.1) is 6.10 Å². The Morgan fingerprint density at radius 2 is 1.87 bits per heavy atom. The Morgan fingerprint density at radius 3 is 2.61 bits per heavy atom. The van der Waals surface area contributed by atoms with Crippen molar-refractivity contribution in [2.24, 2.45) is 40.9 Å². The first-order valence-electron chi connectivity index (χ1n) is 9.63. The number of aliphatic hydroxyl groups is 1. The number of hydrogen-bond acceptors (Lipinski definition) is 3. The summed E-state index contributed by atoms with van der Waals surface area (Å²) in [7, 11) is 0. The molecule has 0 aliphatic heterocycles. The highest BCUT2D eigenvalue weighted by Crippen LogP contribution is 2.63. The summed E-state index contributed by atoms with van der Waals surface area (Å²) in [5.74, 6) is 3.33. The van der Waals surface area contributed by atoms with Crippen molar-refractivity contribution in [3.63, 3.8) is 0 Å². The molecule has 0 spiro atoms. The van der Waals surface area contributed by atoms with E-state index < -0.39 is 0 Å². The van der Waals surface area contributed by atoms with Crippen LogP contribution in [0.25, 0.3) is 0 Å². The van der Waals surface area contributed by atoms with Crippen molar-refractivity contribution in [3.8, 4) is 0 Å². The number of hydrogen-bond donors (Lipinski definition) is 1. The lowest BCUT2D eigenvalue weighted by molar-refractivity contribution is -0.145. The van der Waals surface area contributed by atoms with Crippen molar-refractivity contribution in [1.82, 2.24) is 0 Å². The van der Waals surface area contributed by atoms with Crippen molar-refractivity contribution in [3.05, 3.63) is 0 Å². The predicted molar refractivity (Wildman–Crippen MR) is 87.7 cm³/mol. The van der Waals surface area contributed by atoms with Crippen molar-refractivity contribution in [1.29, 1.82) is 0 Å². The van der Waals surface area contributed by atoms with Gasteiger partial charge in [-0.2, -0.15) is 0 Å².